The monoisotopic (exact) mass is 354 g/mol. The summed E-state index contributed by atoms with van der Waals surface area (Å²) in [5.74, 6) is 2.83. The molecule has 0 bridgehead atoms. The van der Waals surface area contributed by atoms with Crippen LogP contribution in [0.15, 0.2) is 37.1 Å². The van der Waals surface area contributed by atoms with Gasteiger partial charge in [-0.25, -0.2) is 0 Å². The molecule has 1 aliphatic carbocycles. The average Bonchev–Trinajstić information content (AvgIpc) is 2.96. The first-order chi connectivity index (χ1) is 12.3. The number of allylic oxidation sites excluding steroid dienone is 1. The van der Waals surface area contributed by atoms with E-state index in [0.29, 0.717) is 12.0 Å². The van der Waals surface area contributed by atoms with Gasteiger partial charge in [0.15, 0.2) is 0 Å². The number of aromatic nitrogens is 1. The summed E-state index contributed by atoms with van der Waals surface area (Å²) in [5.41, 5.74) is 4.57. The number of nitrogens with zero attached hydrogens (tertiary/aromatic N) is 2. The standard InChI is InChI=1S/C22H30N2S/c1-4-9-23-13-16(15-25-3)11-19-18-7-6-8-20-22(18)17(12-21(19)23)14-24(20)10-5-2/h5-8,14,16,19,21H,2,4,9-13,15H2,1,3H3/t16?,19-,21-/m1/s1. The third kappa shape index (κ3) is 2.96. The molecule has 1 saturated heterocycles. The summed E-state index contributed by atoms with van der Waals surface area (Å²) >= 11 is 2.01. The zero-order valence-electron chi connectivity index (χ0n) is 15.6. The Bertz CT molecular complexity index is 763. The smallest absolute Gasteiger partial charge is 0.0489 e. The molecule has 1 fully saturated rings. The molecule has 4 rings (SSSR count). The summed E-state index contributed by atoms with van der Waals surface area (Å²) in [4.78, 5) is 2.81. The first-order valence-electron chi connectivity index (χ1n) is 9.71. The summed E-state index contributed by atoms with van der Waals surface area (Å²) in [5, 5.41) is 1.55. The lowest BCUT2D eigenvalue weighted by Gasteiger charge is -2.47. The van der Waals surface area contributed by atoms with Crippen molar-refractivity contribution in [1.82, 2.24) is 9.47 Å². The molecule has 3 heteroatoms. The minimum Gasteiger partial charge on any atom is -0.343 e. The fourth-order valence-electron chi connectivity index (χ4n) is 5.27. The molecule has 0 radical (unpaired) electrons. The number of piperidine rings is 1. The molecule has 2 heterocycles. The number of rotatable bonds is 6. The minimum absolute atomic E-state index is 0.690. The van der Waals surface area contributed by atoms with Crippen LogP contribution < -0.4 is 0 Å². The van der Waals surface area contributed by atoms with E-state index in [2.05, 4.69) is 53.6 Å². The fraction of sp³-hybridized carbons (Fsp3) is 0.545. The van der Waals surface area contributed by atoms with Crippen molar-refractivity contribution in [1.29, 1.82) is 0 Å². The van der Waals surface area contributed by atoms with Crippen LogP contribution in [0.1, 0.15) is 36.8 Å². The van der Waals surface area contributed by atoms with E-state index in [4.69, 9.17) is 0 Å². The molecule has 3 atom stereocenters. The average molecular weight is 355 g/mol. The first-order valence-corrected chi connectivity index (χ1v) is 11.1. The molecule has 1 aromatic heterocycles. The van der Waals surface area contributed by atoms with Gasteiger partial charge in [-0.2, -0.15) is 11.8 Å². The Balaban J connectivity index is 1.78. The Labute approximate surface area is 156 Å². The molecule has 2 aliphatic rings. The van der Waals surface area contributed by atoms with Crippen LogP contribution >= 0.6 is 11.8 Å². The molecule has 25 heavy (non-hydrogen) atoms. The molecule has 1 unspecified atom stereocenters. The highest BCUT2D eigenvalue weighted by Crippen LogP contribution is 2.45. The van der Waals surface area contributed by atoms with Crippen molar-refractivity contribution in [2.75, 3.05) is 25.1 Å². The zero-order chi connectivity index (χ0) is 17.4. The summed E-state index contributed by atoms with van der Waals surface area (Å²) in [6.45, 7) is 9.70. The molecule has 1 aliphatic heterocycles. The topological polar surface area (TPSA) is 8.17 Å². The highest BCUT2D eigenvalue weighted by molar-refractivity contribution is 7.98. The first kappa shape index (κ1) is 17.2. The highest BCUT2D eigenvalue weighted by atomic mass is 32.2. The molecule has 0 amide bonds. The predicted molar refractivity (Wildman–Crippen MR) is 111 cm³/mol. The van der Waals surface area contributed by atoms with Gasteiger partial charge in [-0.05, 0) is 60.9 Å². The SMILES string of the molecule is C=CCn1cc2c3c(cccc31)[C@H]1CC(CSC)CN(CCC)[C@@H]1C2. The molecule has 0 N–H and O–H groups in total. The van der Waals surface area contributed by atoms with Crippen LogP contribution in [0.3, 0.4) is 0 Å². The Morgan fingerprint density at radius 1 is 1.36 bits per heavy atom. The van der Waals surface area contributed by atoms with Crippen LogP contribution in [0.5, 0.6) is 0 Å². The van der Waals surface area contributed by atoms with Gasteiger partial charge in [-0.1, -0.05) is 25.1 Å². The van der Waals surface area contributed by atoms with E-state index in [0.717, 1.165) is 12.5 Å². The molecule has 2 aromatic rings. The summed E-state index contributed by atoms with van der Waals surface area (Å²) < 4.78 is 2.39. The van der Waals surface area contributed by atoms with Crippen LogP contribution in [-0.4, -0.2) is 40.6 Å². The van der Waals surface area contributed by atoms with E-state index in [1.807, 2.05) is 17.8 Å². The van der Waals surface area contributed by atoms with Crippen molar-refractivity contribution in [2.45, 2.75) is 44.7 Å². The van der Waals surface area contributed by atoms with Crippen molar-refractivity contribution >= 4 is 22.7 Å². The highest BCUT2D eigenvalue weighted by Gasteiger charge is 2.40. The van der Waals surface area contributed by atoms with E-state index in [1.165, 1.54) is 43.6 Å². The van der Waals surface area contributed by atoms with Gasteiger partial charge >= 0.3 is 0 Å². The second-order valence-corrected chi connectivity index (χ2v) is 8.68. The maximum absolute atomic E-state index is 3.94. The lowest BCUT2D eigenvalue weighted by Crippen LogP contribution is -2.50. The normalized spacial score (nSPS) is 25.9. The van der Waals surface area contributed by atoms with Crippen LogP contribution in [0.4, 0.5) is 0 Å². The Morgan fingerprint density at radius 2 is 2.24 bits per heavy atom. The summed E-state index contributed by atoms with van der Waals surface area (Å²) in [7, 11) is 0. The van der Waals surface area contributed by atoms with Crippen LogP contribution in [0.25, 0.3) is 10.9 Å². The van der Waals surface area contributed by atoms with Crippen molar-refractivity contribution in [3.63, 3.8) is 0 Å². The van der Waals surface area contributed by atoms with Gasteiger partial charge < -0.3 is 4.57 Å². The minimum atomic E-state index is 0.690. The van der Waals surface area contributed by atoms with Gasteiger partial charge in [0.1, 0.15) is 0 Å². The van der Waals surface area contributed by atoms with E-state index in [1.54, 1.807) is 16.5 Å². The molecule has 0 spiro atoms. The van der Waals surface area contributed by atoms with Gasteiger partial charge in [0.2, 0.25) is 0 Å². The van der Waals surface area contributed by atoms with Crippen molar-refractivity contribution in [3.8, 4) is 0 Å². The fourth-order valence-corrected chi connectivity index (χ4v) is 5.98. The van der Waals surface area contributed by atoms with Crippen LogP contribution in [0.2, 0.25) is 0 Å². The molecule has 2 nitrogen and oxygen atoms in total. The van der Waals surface area contributed by atoms with E-state index < -0.39 is 0 Å². The molecule has 134 valence electrons. The Kier molecular flexibility index (Phi) is 4.97. The third-order valence-electron chi connectivity index (χ3n) is 6.10. The maximum atomic E-state index is 3.94. The van der Waals surface area contributed by atoms with Crippen molar-refractivity contribution in [3.05, 3.63) is 48.2 Å². The predicted octanol–water partition coefficient (Wildman–Crippen LogP) is 4.93. The zero-order valence-corrected chi connectivity index (χ0v) is 16.4. The van der Waals surface area contributed by atoms with Gasteiger partial charge in [0, 0.05) is 42.1 Å². The Hall–Kier alpha value is -1.19. The quantitative estimate of drug-likeness (QED) is 0.680. The number of benzene rings is 1. The largest absolute Gasteiger partial charge is 0.343 e. The lowest BCUT2D eigenvalue weighted by atomic mass is 9.72. The molecule has 1 aromatic carbocycles. The van der Waals surface area contributed by atoms with Gasteiger partial charge in [-0.15, -0.1) is 6.58 Å². The van der Waals surface area contributed by atoms with E-state index >= 15 is 0 Å². The van der Waals surface area contributed by atoms with Gasteiger partial charge in [0.05, 0.1) is 0 Å². The summed E-state index contributed by atoms with van der Waals surface area (Å²) in [6, 6.07) is 7.66. The van der Waals surface area contributed by atoms with E-state index in [9.17, 15) is 0 Å². The van der Waals surface area contributed by atoms with Crippen LogP contribution in [0, 0.1) is 5.92 Å². The number of thioether (sulfide) groups is 1. The maximum Gasteiger partial charge on any atom is 0.0489 e. The molecule has 0 saturated carbocycles. The van der Waals surface area contributed by atoms with Gasteiger partial charge in [0.25, 0.3) is 0 Å². The van der Waals surface area contributed by atoms with Gasteiger partial charge in [-0.3, -0.25) is 4.90 Å². The van der Waals surface area contributed by atoms with E-state index in [-0.39, 0.29) is 0 Å². The Morgan fingerprint density at radius 3 is 3.00 bits per heavy atom. The van der Waals surface area contributed by atoms with Crippen molar-refractivity contribution < 1.29 is 0 Å². The van der Waals surface area contributed by atoms with Crippen LogP contribution in [-0.2, 0) is 13.0 Å². The molecular formula is C22H30N2S. The second-order valence-electron chi connectivity index (χ2n) is 7.77. The number of likely N-dealkylation sites (tertiary alicyclic amines) is 1. The number of hydrogen-bond acceptors (Lipinski definition) is 2. The third-order valence-corrected chi connectivity index (χ3v) is 6.90. The summed E-state index contributed by atoms with van der Waals surface area (Å²) in [6.07, 6.45) is 10.5. The second kappa shape index (κ2) is 7.20. The number of hydrogen-bond donors (Lipinski definition) is 0. The lowest BCUT2D eigenvalue weighted by molar-refractivity contribution is 0.0926. The molecular weight excluding hydrogens is 324 g/mol. The van der Waals surface area contributed by atoms with Crippen molar-refractivity contribution in [2.24, 2.45) is 5.92 Å². The number of fused-ring (bicyclic) bond motifs is 2.